The highest BCUT2D eigenvalue weighted by Gasteiger charge is 2.36. The third kappa shape index (κ3) is 6.11. The Bertz CT molecular complexity index is 3050. The molecule has 272 valence electrons. The molecule has 9 aromatic rings. The minimum Gasteiger partial charge on any atom is -0.383 e. The molecule has 0 spiro atoms. The summed E-state index contributed by atoms with van der Waals surface area (Å²) in [7, 11) is 0. The maximum atomic E-state index is 6.97. The third-order valence-corrected chi connectivity index (χ3v) is 12.0. The lowest BCUT2D eigenvalue weighted by atomic mass is 9.81. The number of hydrogen-bond donors (Lipinski definition) is 1. The van der Waals surface area contributed by atoms with Gasteiger partial charge in [0.05, 0.1) is 5.70 Å². The van der Waals surface area contributed by atoms with Crippen molar-refractivity contribution >= 4 is 43.9 Å². The van der Waals surface area contributed by atoms with Gasteiger partial charge >= 0.3 is 0 Å². The van der Waals surface area contributed by atoms with Gasteiger partial charge in [-0.1, -0.05) is 190 Å². The number of amidine groups is 1. The summed E-state index contributed by atoms with van der Waals surface area (Å²) in [5.41, 5.74) is 21.2. The van der Waals surface area contributed by atoms with Gasteiger partial charge in [0, 0.05) is 16.5 Å². The van der Waals surface area contributed by atoms with E-state index < -0.39 is 0 Å². The molecule has 57 heavy (non-hydrogen) atoms. The predicted octanol–water partition coefficient (Wildman–Crippen LogP) is 13.8. The zero-order valence-corrected chi connectivity index (χ0v) is 32.2. The summed E-state index contributed by atoms with van der Waals surface area (Å²) in [5.74, 6) is 0.499. The van der Waals surface area contributed by atoms with Crippen LogP contribution >= 0.6 is 0 Å². The molecule has 1 aliphatic rings. The zero-order chi connectivity index (χ0) is 38.5. The van der Waals surface area contributed by atoms with Crippen LogP contribution in [0.15, 0.2) is 199 Å². The van der Waals surface area contributed by atoms with E-state index in [2.05, 4.69) is 208 Å². The highest BCUT2D eigenvalue weighted by molar-refractivity contribution is 6.12. The standard InChI is InChI=1S/C55H42N2/c1-55(2)51-35-42(28-29-47(51)50-33-40-16-6-7-17-41(40)34-52(50)55)44-30-31-48(46-21-11-10-20-45(44)46)53(57-54(56)49-22-12-18-39-15-8-9-19-43(39)49)32-25-36-23-26-38(27-24-36)37-13-4-3-5-14-37/h3-24,26-35H,25H2,1-2H3,(H2,56,57)/b53-32-. The lowest BCUT2D eigenvalue weighted by Crippen LogP contribution is -2.15. The van der Waals surface area contributed by atoms with E-state index >= 15 is 0 Å². The van der Waals surface area contributed by atoms with Gasteiger partial charge in [-0.2, -0.15) is 0 Å². The van der Waals surface area contributed by atoms with Gasteiger partial charge in [-0.25, -0.2) is 4.99 Å². The highest BCUT2D eigenvalue weighted by atomic mass is 14.9. The fraction of sp³-hybridized carbons (Fsp3) is 0.0727. The lowest BCUT2D eigenvalue weighted by Gasteiger charge is -2.22. The molecule has 0 aromatic heterocycles. The average molecular weight is 731 g/mol. The Balaban J connectivity index is 1.08. The number of benzene rings is 9. The number of nitrogens with two attached hydrogens (primary N) is 1. The Hall–Kier alpha value is -7.03. The van der Waals surface area contributed by atoms with E-state index in [1.165, 1.54) is 66.2 Å². The first-order valence-corrected chi connectivity index (χ1v) is 19.8. The number of hydrogen-bond acceptors (Lipinski definition) is 1. The molecular weight excluding hydrogens is 689 g/mol. The maximum Gasteiger partial charge on any atom is 0.131 e. The topological polar surface area (TPSA) is 38.4 Å². The fourth-order valence-corrected chi connectivity index (χ4v) is 8.90. The molecule has 9 aromatic carbocycles. The molecule has 0 atom stereocenters. The normalized spacial score (nSPS) is 13.6. The summed E-state index contributed by atoms with van der Waals surface area (Å²) >= 11 is 0. The van der Waals surface area contributed by atoms with E-state index in [0.717, 1.165) is 33.0 Å². The van der Waals surface area contributed by atoms with E-state index in [4.69, 9.17) is 10.7 Å². The van der Waals surface area contributed by atoms with Gasteiger partial charge in [0.1, 0.15) is 5.84 Å². The summed E-state index contributed by atoms with van der Waals surface area (Å²) in [5, 5.41) is 7.13. The van der Waals surface area contributed by atoms with Gasteiger partial charge in [-0.3, -0.25) is 0 Å². The Morgan fingerprint density at radius 1 is 0.474 bits per heavy atom. The van der Waals surface area contributed by atoms with Crippen molar-refractivity contribution in [3.63, 3.8) is 0 Å². The molecule has 0 fully saturated rings. The minimum absolute atomic E-state index is 0.122. The monoisotopic (exact) mass is 730 g/mol. The van der Waals surface area contributed by atoms with Crippen LogP contribution in [0.1, 0.15) is 41.7 Å². The molecule has 10 rings (SSSR count). The van der Waals surface area contributed by atoms with Crippen LogP contribution in [-0.4, -0.2) is 5.84 Å². The largest absolute Gasteiger partial charge is 0.383 e. The quantitative estimate of drug-likeness (QED) is 0.129. The molecule has 2 nitrogen and oxygen atoms in total. The van der Waals surface area contributed by atoms with Crippen molar-refractivity contribution in [2.75, 3.05) is 0 Å². The summed E-state index contributed by atoms with van der Waals surface area (Å²) in [6.07, 6.45) is 2.94. The predicted molar refractivity (Wildman–Crippen MR) is 243 cm³/mol. The van der Waals surface area contributed by atoms with E-state index in [1.807, 2.05) is 0 Å². The summed E-state index contributed by atoms with van der Waals surface area (Å²) in [6.45, 7) is 4.73. The molecule has 0 radical (unpaired) electrons. The second-order valence-corrected chi connectivity index (χ2v) is 15.7. The molecule has 1 aliphatic carbocycles. The molecule has 2 heteroatoms. The molecule has 0 unspecified atom stereocenters. The van der Waals surface area contributed by atoms with E-state index in [9.17, 15) is 0 Å². The first kappa shape index (κ1) is 34.5. The number of allylic oxidation sites excluding steroid dienone is 1. The van der Waals surface area contributed by atoms with Gasteiger partial charge in [-0.15, -0.1) is 0 Å². The minimum atomic E-state index is -0.122. The van der Waals surface area contributed by atoms with Crippen LogP contribution in [0.25, 0.3) is 71.4 Å². The molecule has 0 saturated heterocycles. The SMILES string of the molecule is CC1(C)c2cc(-c3ccc(/C(=C/Cc4ccc(-c5ccccc5)cc4)N=C(N)c4cccc5ccccc45)c4ccccc34)ccc2-c2cc3ccccc3cc21. The maximum absolute atomic E-state index is 6.97. The van der Waals surface area contributed by atoms with Crippen LogP contribution in [0.5, 0.6) is 0 Å². The summed E-state index contributed by atoms with van der Waals surface area (Å²) < 4.78 is 0. The number of rotatable bonds is 7. The second kappa shape index (κ2) is 13.9. The van der Waals surface area contributed by atoms with Crippen molar-refractivity contribution in [2.45, 2.75) is 25.7 Å². The first-order chi connectivity index (χ1) is 27.9. The van der Waals surface area contributed by atoms with Crippen LogP contribution < -0.4 is 5.73 Å². The second-order valence-electron chi connectivity index (χ2n) is 15.7. The van der Waals surface area contributed by atoms with Gasteiger partial charge in [0.2, 0.25) is 0 Å². The van der Waals surface area contributed by atoms with Gasteiger partial charge in [-0.05, 0) is 107 Å². The van der Waals surface area contributed by atoms with Crippen molar-refractivity contribution in [3.8, 4) is 33.4 Å². The van der Waals surface area contributed by atoms with Crippen LogP contribution in [0, 0.1) is 0 Å². The molecular formula is C55H42N2. The molecule has 0 heterocycles. The van der Waals surface area contributed by atoms with Crippen LogP contribution in [0.4, 0.5) is 0 Å². The van der Waals surface area contributed by atoms with E-state index in [1.54, 1.807) is 0 Å². The number of nitrogens with zero attached hydrogens (tertiary/aromatic N) is 1. The Morgan fingerprint density at radius 2 is 1.07 bits per heavy atom. The average Bonchev–Trinajstić information content (AvgIpc) is 3.48. The van der Waals surface area contributed by atoms with Crippen molar-refractivity contribution in [1.29, 1.82) is 0 Å². The molecule has 0 bridgehead atoms. The molecule has 2 N–H and O–H groups in total. The van der Waals surface area contributed by atoms with E-state index in [0.29, 0.717) is 12.3 Å². The van der Waals surface area contributed by atoms with Crippen molar-refractivity contribution in [1.82, 2.24) is 0 Å². The van der Waals surface area contributed by atoms with Gasteiger partial charge < -0.3 is 5.73 Å². The van der Waals surface area contributed by atoms with Gasteiger partial charge in [0.15, 0.2) is 0 Å². The zero-order valence-electron chi connectivity index (χ0n) is 32.2. The van der Waals surface area contributed by atoms with Crippen molar-refractivity contribution < 1.29 is 0 Å². The van der Waals surface area contributed by atoms with Gasteiger partial charge in [0.25, 0.3) is 0 Å². The molecule has 0 saturated carbocycles. The van der Waals surface area contributed by atoms with E-state index in [-0.39, 0.29) is 5.41 Å². The summed E-state index contributed by atoms with van der Waals surface area (Å²) in [4.78, 5) is 5.27. The molecule has 0 aliphatic heterocycles. The fourth-order valence-electron chi connectivity index (χ4n) is 8.90. The Kier molecular flexibility index (Phi) is 8.42. The lowest BCUT2D eigenvalue weighted by molar-refractivity contribution is 0.661. The van der Waals surface area contributed by atoms with Crippen molar-refractivity contribution in [2.24, 2.45) is 10.7 Å². The number of fused-ring (bicyclic) bond motifs is 6. The van der Waals surface area contributed by atoms with Crippen LogP contribution in [0.3, 0.4) is 0 Å². The summed E-state index contributed by atoms with van der Waals surface area (Å²) in [6, 6.07) is 67.7. The first-order valence-electron chi connectivity index (χ1n) is 19.8. The third-order valence-electron chi connectivity index (χ3n) is 12.0. The molecule has 0 amide bonds. The Morgan fingerprint density at radius 3 is 1.86 bits per heavy atom. The van der Waals surface area contributed by atoms with Crippen LogP contribution in [-0.2, 0) is 11.8 Å². The number of aliphatic imine (C=N–C) groups is 1. The highest BCUT2D eigenvalue weighted by Crippen LogP contribution is 2.51. The smallest absolute Gasteiger partial charge is 0.131 e. The Labute approximate surface area is 334 Å². The van der Waals surface area contributed by atoms with Crippen molar-refractivity contribution in [3.05, 3.63) is 222 Å². The van der Waals surface area contributed by atoms with Crippen LogP contribution in [0.2, 0.25) is 0 Å².